The molecule has 0 aliphatic carbocycles. The van der Waals surface area contributed by atoms with Crippen molar-refractivity contribution in [2.24, 2.45) is 0 Å². The molecule has 2 atom stereocenters. The number of ether oxygens (including phenoxy) is 1. The summed E-state index contributed by atoms with van der Waals surface area (Å²) < 4.78 is 5.66. The van der Waals surface area contributed by atoms with Gasteiger partial charge in [0.25, 0.3) is 0 Å². The summed E-state index contributed by atoms with van der Waals surface area (Å²) >= 11 is 0. The van der Waals surface area contributed by atoms with Gasteiger partial charge in [-0.05, 0) is 18.1 Å². The van der Waals surface area contributed by atoms with Crippen molar-refractivity contribution in [1.29, 1.82) is 0 Å². The predicted octanol–water partition coefficient (Wildman–Crippen LogP) is 3.47. The molecule has 1 N–H and O–H groups in total. The summed E-state index contributed by atoms with van der Waals surface area (Å²) in [6, 6.07) is 18.0. The lowest BCUT2D eigenvalue weighted by Crippen LogP contribution is -2.33. The van der Waals surface area contributed by atoms with Crippen LogP contribution in [0.5, 0.6) is 5.75 Å². The Balaban J connectivity index is 1.63. The van der Waals surface area contributed by atoms with Crippen molar-refractivity contribution in [2.45, 2.75) is 25.2 Å². The van der Waals surface area contributed by atoms with Crippen molar-refractivity contribution >= 4 is 5.91 Å². The van der Waals surface area contributed by atoms with Crippen LogP contribution in [-0.2, 0) is 4.79 Å². The molecule has 0 spiro atoms. The Morgan fingerprint density at radius 1 is 1.18 bits per heavy atom. The van der Waals surface area contributed by atoms with Crippen LogP contribution in [0.4, 0.5) is 0 Å². The first-order valence-corrected chi connectivity index (χ1v) is 7.84. The molecule has 1 aliphatic rings. The zero-order valence-electron chi connectivity index (χ0n) is 12.8. The molecule has 0 fully saturated rings. The Morgan fingerprint density at radius 2 is 1.91 bits per heavy atom. The van der Waals surface area contributed by atoms with Crippen molar-refractivity contribution in [1.82, 2.24) is 5.32 Å². The van der Waals surface area contributed by atoms with Crippen LogP contribution in [0.1, 0.15) is 36.3 Å². The van der Waals surface area contributed by atoms with Crippen molar-refractivity contribution < 1.29 is 9.53 Å². The third-order valence-corrected chi connectivity index (χ3v) is 4.25. The number of nitrogens with one attached hydrogen (secondary N) is 1. The molecule has 0 saturated heterocycles. The van der Waals surface area contributed by atoms with Crippen molar-refractivity contribution in [3.8, 4) is 5.75 Å². The van der Waals surface area contributed by atoms with Crippen molar-refractivity contribution in [3.63, 3.8) is 0 Å². The topological polar surface area (TPSA) is 38.3 Å². The maximum Gasteiger partial charge on any atom is 0.227 e. The SMILES string of the molecule is CC[C@H](C(=O)NC[C@H]1COc2ccccc21)c1ccccc1. The number of rotatable bonds is 5. The van der Waals surface area contributed by atoms with E-state index in [0.29, 0.717) is 13.2 Å². The third kappa shape index (κ3) is 2.98. The molecule has 0 saturated carbocycles. The molecule has 0 bridgehead atoms. The molecular formula is C19H21NO2. The van der Waals surface area contributed by atoms with Gasteiger partial charge in [-0.3, -0.25) is 4.79 Å². The summed E-state index contributed by atoms with van der Waals surface area (Å²) in [5, 5.41) is 3.10. The Labute approximate surface area is 131 Å². The highest BCUT2D eigenvalue weighted by molar-refractivity contribution is 5.83. The average molecular weight is 295 g/mol. The summed E-state index contributed by atoms with van der Waals surface area (Å²) in [4.78, 5) is 12.5. The minimum atomic E-state index is -0.0845. The molecule has 22 heavy (non-hydrogen) atoms. The summed E-state index contributed by atoms with van der Waals surface area (Å²) in [6.07, 6.45) is 0.799. The van der Waals surface area contributed by atoms with E-state index in [9.17, 15) is 4.79 Å². The van der Waals surface area contributed by atoms with Crippen LogP contribution >= 0.6 is 0 Å². The van der Waals surface area contributed by atoms with Crippen LogP contribution in [-0.4, -0.2) is 19.1 Å². The second-order valence-electron chi connectivity index (χ2n) is 5.66. The maximum absolute atomic E-state index is 12.5. The lowest BCUT2D eigenvalue weighted by Gasteiger charge is -2.17. The number of carbonyl (C=O) groups is 1. The minimum Gasteiger partial charge on any atom is -0.493 e. The summed E-state index contributed by atoms with van der Waals surface area (Å²) in [5.41, 5.74) is 2.26. The highest BCUT2D eigenvalue weighted by Gasteiger charge is 2.25. The van der Waals surface area contributed by atoms with Crippen LogP contribution < -0.4 is 10.1 Å². The molecule has 2 aromatic rings. The molecule has 0 unspecified atom stereocenters. The highest BCUT2D eigenvalue weighted by Crippen LogP contribution is 2.33. The van der Waals surface area contributed by atoms with Crippen LogP contribution in [0.15, 0.2) is 54.6 Å². The van der Waals surface area contributed by atoms with Gasteiger partial charge in [0.2, 0.25) is 5.91 Å². The zero-order chi connectivity index (χ0) is 15.4. The Hall–Kier alpha value is -2.29. The van der Waals surface area contributed by atoms with Gasteiger partial charge in [0.05, 0.1) is 12.5 Å². The van der Waals surface area contributed by atoms with E-state index in [1.165, 1.54) is 5.56 Å². The van der Waals surface area contributed by atoms with Gasteiger partial charge in [-0.1, -0.05) is 55.5 Å². The van der Waals surface area contributed by atoms with Gasteiger partial charge in [0.1, 0.15) is 5.75 Å². The zero-order valence-corrected chi connectivity index (χ0v) is 12.8. The third-order valence-electron chi connectivity index (χ3n) is 4.25. The van der Waals surface area contributed by atoms with E-state index in [1.54, 1.807) is 0 Å². The van der Waals surface area contributed by atoms with Gasteiger partial charge >= 0.3 is 0 Å². The van der Waals surface area contributed by atoms with E-state index >= 15 is 0 Å². The number of para-hydroxylation sites is 1. The van der Waals surface area contributed by atoms with E-state index in [2.05, 4.69) is 11.4 Å². The fourth-order valence-electron chi connectivity index (χ4n) is 3.00. The van der Waals surface area contributed by atoms with Crippen molar-refractivity contribution in [3.05, 3.63) is 65.7 Å². The number of carbonyl (C=O) groups excluding carboxylic acids is 1. The summed E-state index contributed by atoms with van der Waals surface area (Å²) in [5.74, 6) is 1.20. The lowest BCUT2D eigenvalue weighted by atomic mass is 9.95. The lowest BCUT2D eigenvalue weighted by molar-refractivity contribution is -0.122. The number of hydrogen-bond acceptors (Lipinski definition) is 2. The highest BCUT2D eigenvalue weighted by atomic mass is 16.5. The molecule has 3 rings (SSSR count). The molecule has 1 heterocycles. The van der Waals surface area contributed by atoms with Gasteiger partial charge in [-0.2, -0.15) is 0 Å². The van der Waals surface area contributed by atoms with E-state index in [0.717, 1.165) is 17.7 Å². The number of hydrogen-bond donors (Lipinski definition) is 1. The van der Waals surface area contributed by atoms with Gasteiger partial charge in [0.15, 0.2) is 0 Å². The molecule has 3 nitrogen and oxygen atoms in total. The van der Waals surface area contributed by atoms with E-state index in [-0.39, 0.29) is 17.7 Å². The van der Waals surface area contributed by atoms with Gasteiger partial charge < -0.3 is 10.1 Å². The van der Waals surface area contributed by atoms with Crippen molar-refractivity contribution in [2.75, 3.05) is 13.2 Å². The van der Waals surface area contributed by atoms with Gasteiger partial charge in [0, 0.05) is 18.0 Å². The standard InChI is InChI=1S/C19H21NO2/c1-2-16(14-8-4-3-5-9-14)19(21)20-12-15-13-22-18-11-7-6-10-17(15)18/h3-11,15-16H,2,12-13H2,1H3,(H,20,21)/t15-,16-/m0/s1. The molecular weight excluding hydrogens is 274 g/mol. The number of amides is 1. The maximum atomic E-state index is 12.5. The molecule has 3 heteroatoms. The largest absolute Gasteiger partial charge is 0.493 e. The normalized spacial score (nSPS) is 17.4. The Kier molecular flexibility index (Phi) is 4.42. The molecule has 0 radical (unpaired) electrons. The van der Waals surface area contributed by atoms with E-state index in [1.807, 2.05) is 55.5 Å². The second kappa shape index (κ2) is 6.65. The second-order valence-corrected chi connectivity index (χ2v) is 5.66. The van der Waals surface area contributed by atoms with Gasteiger partial charge in [-0.25, -0.2) is 0 Å². The smallest absolute Gasteiger partial charge is 0.227 e. The van der Waals surface area contributed by atoms with Crippen LogP contribution in [0.25, 0.3) is 0 Å². The average Bonchev–Trinajstić information content (AvgIpc) is 2.98. The van der Waals surface area contributed by atoms with E-state index in [4.69, 9.17) is 4.74 Å². The first-order valence-electron chi connectivity index (χ1n) is 7.84. The first kappa shape index (κ1) is 14.6. The minimum absolute atomic E-state index is 0.0845. The molecule has 1 amide bonds. The quantitative estimate of drug-likeness (QED) is 0.917. The summed E-state index contributed by atoms with van der Waals surface area (Å²) in [7, 11) is 0. The van der Waals surface area contributed by atoms with Crippen LogP contribution in [0.3, 0.4) is 0 Å². The monoisotopic (exact) mass is 295 g/mol. The predicted molar refractivity (Wildman–Crippen MR) is 87.2 cm³/mol. The fourth-order valence-corrected chi connectivity index (χ4v) is 3.00. The number of fused-ring (bicyclic) bond motifs is 1. The molecule has 114 valence electrons. The molecule has 2 aromatic carbocycles. The van der Waals surface area contributed by atoms with Gasteiger partial charge in [-0.15, -0.1) is 0 Å². The Bertz CT molecular complexity index is 639. The van der Waals surface area contributed by atoms with E-state index < -0.39 is 0 Å². The van der Waals surface area contributed by atoms with Crippen LogP contribution in [0.2, 0.25) is 0 Å². The van der Waals surface area contributed by atoms with Crippen LogP contribution in [0, 0.1) is 0 Å². The number of benzene rings is 2. The Morgan fingerprint density at radius 3 is 2.68 bits per heavy atom. The summed E-state index contributed by atoms with van der Waals surface area (Å²) in [6.45, 7) is 3.31. The molecule has 0 aromatic heterocycles. The first-order chi connectivity index (χ1) is 10.8. The fraction of sp³-hybridized carbons (Fsp3) is 0.316. The molecule has 1 aliphatic heterocycles.